The van der Waals surface area contributed by atoms with Crippen LogP contribution in [0, 0.1) is 13.8 Å². The summed E-state index contributed by atoms with van der Waals surface area (Å²) in [6, 6.07) is 12.1. The number of nitrogens with zero attached hydrogens (tertiary/aromatic N) is 3. The number of thioether (sulfide) groups is 1. The van der Waals surface area contributed by atoms with Crippen LogP contribution in [0.1, 0.15) is 35.3 Å². The molecular weight excluding hydrogens is 434 g/mol. The van der Waals surface area contributed by atoms with Crippen LogP contribution >= 0.6 is 35.5 Å². The Bertz CT molecular complexity index is 962. The van der Waals surface area contributed by atoms with Crippen LogP contribution in [0.25, 0.3) is 10.2 Å². The van der Waals surface area contributed by atoms with E-state index >= 15 is 0 Å². The van der Waals surface area contributed by atoms with E-state index < -0.39 is 0 Å². The van der Waals surface area contributed by atoms with Gasteiger partial charge in [0.2, 0.25) is 0 Å². The third-order valence-electron chi connectivity index (χ3n) is 5.26. The molecule has 0 spiro atoms. The van der Waals surface area contributed by atoms with Gasteiger partial charge < -0.3 is 4.90 Å². The van der Waals surface area contributed by atoms with Crippen LogP contribution in [0.15, 0.2) is 41.3 Å². The van der Waals surface area contributed by atoms with Gasteiger partial charge in [0.05, 0.1) is 10.2 Å². The number of likely N-dealkylation sites (N-methyl/N-ethyl adjacent to an activating group) is 1. The number of aryl methyl sites for hydroxylation is 2. The zero-order valence-corrected chi connectivity index (χ0v) is 20.7. The van der Waals surface area contributed by atoms with E-state index in [9.17, 15) is 4.79 Å². The quantitative estimate of drug-likeness (QED) is 0.381. The van der Waals surface area contributed by atoms with Gasteiger partial charge in [0.15, 0.2) is 5.13 Å². The molecule has 1 heterocycles. The maximum atomic E-state index is 13.5. The molecule has 2 aromatic carbocycles. The van der Waals surface area contributed by atoms with Gasteiger partial charge in [-0.1, -0.05) is 43.4 Å². The summed E-state index contributed by atoms with van der Waals surface area (Å²) >= 11 is 3.27. The molecular formula is C23H30ClN3OS2. The van der Waals surface area contributed by atoms with E-state index in [-0.39, 0.29) is 18.3 Å². The number of carbonyl (C=O) groups excluding carboxylic acids is 1. The molecule has 0 unspecified atom stereocenters. The molecule has 162 valence electrons. The highest BCUT2D eigenvalue weighted by molar-refractivity contribution is 7.98. The number of halogens is 1. The lowest BCUT2D eigenvalue weighted by Gasteiger charge is -2.25. The van der Waals surface area contributed by atoms with Crippen LogP contribution in [0.4, 0.5) is 5.13 Å². The lowest BCUT2D eigenvalue weighted by atomic mass is 10.1. The van der Waals surface area contributed by atoms with Gasteiger partial charge >= 0.3 is 0 Å². The zero-order valence-electron chi connectivity index (χ0n) is 18.3. The van der Waals surface area contributed by atoms with Crippen LogP contribution in [-0.4, -0.2) is 48.2 Å². The van der Waals surface area contributed by atoms with E-state index in [1.807, 2.05) is 35.4 Å². The Kier molecular flexibility index (Phi) is 9.16. The molecule has 0 bridgehead atoms. The molecule has 0 saturated heterocycles. The van der Waals surface area contributed by atoms with Crippen molar-refractivity contribution in [1.82, 2.24) is 9.88 Å². The molecule has 0 radical (unpaired) electrons. The summed E-state index contributed by atoms with van der Waals surface area (Å²) in [5.74, 6) is 0.0161. The molecule has 0 aliphatic carbocycles. The molecule has 0 fully saturated rings. The average molecular weight is 464 g/mol. The summed E-state index contributed by atoms with van der Waals surface area (Å²) in [5.41, 5.74) is 4.07. The second-order valence-electron chi connectivity index (χ2n) is 7.09. The van der Waals surface area contributed by atoms with E-state index in [0.29, 0.717) is 12.1 Å². The molecule has 1 aromatic heterocycles. The van der Waals surface area contributed by atoms with Crippen molar-refractivity contribution in [3.63, 3.8) is 0 Å². The maximum absolute atomic E-state index is 13.5. The predicted molar refractivity (Wildman–Crippen MR) is 134 cm³/mol. The minimum atomic E-state index is 0. The summed E-state index contributed by atoms with van der Waals surface area (Å²) in [6.45, 7) is 11.9. The van der Waals surface area contributed by atoms with Crippen LogP contribution in [0.5, 0.6) is 0 Å². The first-order chi connectivity index (χ1) is 14.0. The zero-order chi connectivity index (χ0) is 21.0. The largest absolute Gasteiger partial charge is 0.302 e. The number of thiazole rings is 1. The number of hydrogen-bond acceptors (Lipinski definition) is 5. The SMILES string of the molecule is CCN(CC)CCN(C(=O)c1cccc(SC)c1)c1nc2c(C)ccc(C)c2s1.Cl. The van der Waals surface area contributed by atoms with E-state index in [0.717, 1.165) is 40.7 Å². The number of rotatable bonds is 8. The van der Waals surface area contributed by atoms with Crippen molar-refractivity contribution in [1.29, 1.82) is 0 Å². The summed E-state index contributed by atoms with van der Waals surface area (Å²) < 4.78 is 1.17. The number of amides is 1. The molecule has 1 amide bonds. The Morgan fingerprint density at radius 3 is 2.40 bits per heavy atom. The number of fused-ring (bicyclic) bond motifs is 1. The van der Waals surface area contributed by atoms with Crippen molar-refractivity contribution in [2.45, 2.75) is 32.6 Å². The standard InChI is InChI=1S/C23H29N3OS2.ClH/c1-6-25(7-2)13-14-26(22(27)18-9-8-10-19(15-18)28-5)23-24-20-16(3)11-12-17(4)21(20)29-23;/h8-12,15H,6-7,13-14H2,1-5H3;1H. The fraction of sp³-hybridized carbons (Fsp3) is 0.391. The molecule has 0 atom stereocenters. The maximum Gasteiger partial charge on any atom is 0.260 e. The molecule has 4 nitrogen and oxygen atoms in total. The number of anilines is 1. The third kappa shape index (κ3) is 5.35. The first kappa shape index (κ1) is 24.7. The predicted octanol–water partition coefficient (Wildman–Crippen LogP) is 6.05. The first-order valence-electron chi connectivity index (χ1n) is 10.0. The van der Waals surface area contributed by atoms with Gasteiger partial charge in [-0.3, -0.25) is 9.69 Å². The fourth-order valence-electron chi connectivity index (χ4n) is 3.34. The van der Waals surface area contributed by atoms with Crippen molar-refractivity contribution in [2.24, 2.45) is 0 Å². The Balaban J connectivity index is 0.00000320. The molecule has 7 heteroatoms. The highest BCUT2D eigenvalue weighted by Crippen LogP contribution is 2.34. The van der Waals surface area contributed by atoms with Gasteiger partial charge in [0, 0.05) is 23.5 Å². The van der Waals surface area contributed by atoms with Gasteiger partial charge in [0.25, 0.3) is 5.91 Å². The van der Waals surface area contributed by atoms with Gasteiger partial charge in [-0.05, 0) is 62.5 Å². The number of aromatic nitrogens is 1. The number of carbonyl (C=O) groups is 1. The van der Waals surface area contributed by atoms with Crippen LogP contribution in [0.3, 0.4) is 0 Å². The summed E-state index contributed by atoms with van der Waals surface area (Å²) in [5, 5.41) is 0.782. The Labute approximate surface area is 194 Å². The first-order valence-corrected chi connectivity index (χ1v) is 12.1. The van der Waals surface area contributed by atoms with E-state index in [2.05, 4.69) is 44.7 Å². The Hall–Kier alpha value is -1.60. The Morgan fingerprint density at radius 2 is 1.77 bits per heavy atom. The lowest BCUT2D eigenvalue weighted by Crippen LogP contribution is -2.38. The van der Waals surface area contributed by atoms with Gasteiger partial charge in [-0.15, -0.1) is 24.2 Å². The monoisotopic (exact) mass is 463 g/mol. The van der Waals surface area contributed by atoms with Crippen molar-refractivity contribution in [3.05, 3.63) is 53.1 Å². The van der Waals surface area contributed by atoms with E-state index in [1.165, 1.54) is 10.3 Å². The third-order valence-corrected chi connectivity index (χ3v) is 7.20. The van der Waals surface area contributed by atoms with Gasteiger partial charge in [0.1, 0.15) is 0 Å². The number of hydrogen-bond donors (Lipinski definition) is 0. The summed E-state index contributed by atoms with van der Waals surface area (Å²) in [4.78, 5) is 23.7. The highest BCUT2D eigenvalue weighted by atomic mass is 35.5. The smallest absolute Gasteiger partial charge is 0.260 e. The highest BCUT2D eigenvalue weighted by Gasteiger charge is 2.23. The van der Waals surface area contributed by atoms with Crippen molar-refractivity contribution >= 4 is 56.8 Å². The van der Waals surface area contributed by atoms with Crippen LogP contribution < -0.4 is 4.90 Å². The van der Waals surface area contributed by atoms with Crippen LogP contribution in [0.2, 0.25) is 0 Å². The minimum absolute atomic E-state index is 0. The second kappa shape index (κ2) is 11.1. The lowest BCUT2D eigenvalue weighted by molar-refractivity contribution is 0.0983. The molecule has 3 rings (SSSR count). The molecule has 30 heavy (non-hydrogen) atoms. The summed E-state index contributed by atoms with van der Waals surface area (Å²) in [7, 11) is 0. The van der Waals surface area contributed by atoms with Crippen molar-refractivity contribution < 1.29 is 4.79 Å². The molecule has 3 aromatic rings. The second-order valence-corrected chi connectivity index (χ2v) is 8.95. The minimum Gasteiger partial charge on any atom is -0.302 e. The normalized spacial score (nSPS) is 11.0. The van der Waals surface area contributed by atoms with E-state index in [4.69, 9.17) is 4.98 Å². The van der Waals surface area contributed by atoms with E-state index in [1.54, 1.807) is 23.1 Å². The van der Waals surface area contributed by atoms with Gasteiger partial charge in [-0.25, -0.2) is 4.98 Å². The molecule has 0 saturated carbocycles. The molecule has 0 aliphatic heterocycles. The Morgan fingerprint density at radius 1 is 1.07 bits per heavy atom. The average Bonchev–Trinajstić information content (AvgIpc) is 3.20. The molecule has 0 N–H and O–H groups in total. The van der Waals surface area contributed by atoms with Crippen molar-refractivity contribution in [2.75, 3.05) is 37.3 Å². The molecule has 0 aliphatic rings. The van der Waals surface area contributed by atoms with Crippen LogP contribution in [-0.2, 0) is 0 Å². The number of benzene rings is 2. The van der Waals surface area contributed by atoms with Crippen molar-refractivity contribution in [3.8, 4) is 0 Å². The van der Waals surface area contributed by atoms with Gasteiger partial charge in [-0.2, -0.15) is 0 Å². The fourth-order valence-corrected chi connectivity index (χ4v) is 4.94. The summed E-state index contributed by atoms with van der Waals surface area (Å²) in [6.07, 6.45) is 2.03. The topological polar surface area (TPSA) is 36.4 Å².